The molecule has 1 heterocycles. The number of ether oxygens (including phenoxy) is 1. The van der Waals surface area contributed by atoms with E-state index in [4.69, 9.17) is 10.5 Å². The van der Waals surface area contributed by atoms with Crippen LogP contribution < -0.4 is 5.73 Å². The fraction of sp³-hybridized carbons (Fsp3) is 0.929. The van der Waals surface area contributed by atoms with Crippen LogP contribution in [0.25, 0.3) is 0 Å². The Bertz CT molecular complexity index is 299. The van der Waals surface area contributed by atoms with Gasteiger partial charge < -0.3 is 10.5 Å². The molecule has 106 valence electrons. The molecule has 1 amide bonds. The van der Waals surface area contributed by atoms with E-state index in [1.54, 1.807) is 4.90 Å². The van der Waals surface area contributed by atoms with E-state index in [1.807, 2.05) is 27.7 Å². The van der Waals surface area contributed by atoms with Gasteiger partial charge in [0.25, 0.3) is 0 Å². The van der Waals surface area contributed by atoms with Gasteiger partial charge in [0.2, 0.25) is 0 Å². The Labute approximate surface area is 111 Å². The molecule has 1 rings (SSSR count). The van der Waals surface area contributed by atoms with Gasteiger partial charge in [-0.3, -0.25) is 4.90 Å². The number of carbonyl (C=O) groups is 1. The molecule has 18 heavy (non-hydrogen) atoms. The minimum atomic E-state index is -0.540. The molecule has 1 aliphatic heterocycles. The van der Waals surface area contributed by atoms with Crippen molar-refractivity contribution < 1.29 is 9.53 Å². The highest BCUT2D eigenvalue weighted by atomic mass is 16.6. The van der Waals surface area contributed by atoms with Gasteiger partial charge in [0.05, 0.1) is 5.66 Å². The second-order valence-corrected chi connectivity index (χ2v) is 6.26. The van der Waals surface area contributed by atoms with Crippen molar-refractivity contribution >= 4 is 6.09 Å². The highest BCUT2D eigenvalue weighted by Gasteiger charge is 2.43. The van der Waals surface area contributed by atoms with Crippen LogP contribution in [0.5, 0.6) is 0 Å². The summed E-state index contributed by atoms with van der Waals surface area (Å²) in [6.07, 6.45) is 4.40. The first kappa shape index (κ1) is 15.3. The number of rotatable bonds is 2. The molecule has 0 spiro atoms. The van der Waals surface area contributed by atoms with E-state index in [-0.39, 0.29) is 12.1 Å². The summed E-state index contributed by atoms with van der Waals surface area (Å²) in [5.74, 6) is 0. The summed E-state index contributed by atoms with van der Waals surface area (Å²) < 4.78 is 5.51. The van der Waals surface area contributed by atoms with Crippen molar-refractivity contribution in [1.29, 1.82) is 0 Å². The van der Waals surface area contributed by atoms with Crippen molar-refractivity contribution in [1.82, 2.24) is 4.90 Å². The molecule has 1 fully saturated rings. The van der Waals surface area contributed by atoms with Crippen LogP contribution in [0.1, 0.15) is 66.7 Å². The number of nitrogens with two attached hydrogens (primary N) is 1. The molecule has 1 aliphatic rings. The second-order valence-electron chi connectivity index (χ2n) is 6.26. The van der Waals surface area contributed by atoms with Crippen molar-refractivity contribution in [2.24, 2.45) is 5.73 Å². The third kappa shape index (κ3) is 3.37. The highest BCUT2D eigenvalue weighted by molar-refractivity contribution is 5.69. The predicted octanol–water partition coefficient (Wildman–Crippen LogP) is 3.25. The topological polar surface area (TPSA) is 55.6 Å². The maximum Gasteiger partial charge on any atom is 0.412 e. The van der Waals surface area contributed by atoms with Crippen molar-refractivity contribution in [2.75, 3.05) is 0 Å². The number of carbonyl (C=O) groups excluding carboxylic acids is 1. The maximum atomic E-state index is 12.4. The lowest BCUT2D eigenvalue weighted by atomic mass is 9.88. The Morgan fingerprint density at radius 2 is 2.06 bits per heavy atom. The van der Waals surface area contributed by atoms with Gasteiger partial charge in [-0.15, -0.1) is 0 Å². The van der Waals surface area contributed by atoms with Crippen molar-refractivity contribution in [2.45, 2.75) is 84.0 Å². The summed E-state index contributed by atoms with van der Waals surface area (Å²) in [5.41, 5.74) is 5.40. The van der Waals surface area contributed by atoms with E-state index in [2.05, 4.69) is 6.92 Å². The third-order valence-electron chi connectivity index (χ3n) is 3.67. The maximum absolute atomic E-state index is 12.4. The molecule has 2 unspecified atom stereocenters. The molecule has 0 aromatic heterocycles. The lowest BCUT2D eigenvalue weighted by molar-refractivity contribution is -0.0374. The van der Waals surface area contributed by atoms with Gasteiger partial charge in [-0.05, 0) is 52.9 Å². The Kier molecular flexibility index (Phi) is 4.65. The van der Waals surface area contributed by atoms with Gasteiger partial charge in [0, 0.05) is 6.04 Å². The number of likely N-dealkylation sites (tertiary alicyclic amines) is 1. The zero-order valence-corrected chi connectivity index (χ0v) is 12.5. The van der Waals surface area contributed by atoms with Gasteiger partial charge in [-0.25, -0.2) is 4.79 Å². The van der Waals surface area contributed by atoms with Crippen LogP contribution in [-0.4, -0.2) is 28.3 Å². The lowest BCUT2D eigenvalue weighted by Crippen LogP contribution is -2.64. The minimum Gasteiger partial charge on any atom is -0.444 e. The van der Waals surface area contributed by atoms with E-state index in [0.29, 0.717) is 0 Å². The highest BCUT2D eigenvalue weighted by Crippen LogP contribution is 2.33. The quantitative estimate of drug-likeness (QED) is 0.825. The number of piperidine rings is 1. The number of nitrogens with zero attached hydrogens (tertiary/aromatic N) is 1. The Hall–Kier alpha value is -0.770. The summed E-state index contributed by atoms with van der Waals surface area (Å²) in [6.45, 7) is 9.80. The molecule has 0 saturated carbocycles. The van der Waals surface area contributed by atoms with Gasteiger partial charge in [0.15, 0.2) is 0 Å². The Balaban J connectivity index is 2.92. The number of hydrogen-bond donors (Lipinski definition) is 1. The predicted molar refractivity (Wildman–Crippen MR) is 73.2 cm³/mol. The van der Waals surface area contributed by atoms with Gasteiger partial charge in [0.1, 0.15) is 5.60 Å². The van der Waals surface area contributed by atoms with E-state index in [1.165, 1.54) is 0 Å². The van der Waals surface area contributed by atoms with E-state index in [0.717, 1.165) is 32.1 Å². The largest absolute Gasteiger partial charge is 0.444 e. The van der Waals surface area contributed by atoms with Crippen LogP contribution in [0.15, 0.2) is 0 Å². The molecular weight excluding hydrogens is 228 g/mol. The van der Waals surface area contributed by atoms with Crippen LogP contribution in [0.2, 0.25) is 0 Å². The smallest absolute Gasteiger partial charge is 0.412 e. The monoisotopic (exact) mass is 256 g/mol. The molecular formula is C14H28N2O2. The minimum absolute atomic E-state index is 0.207. The number of amides is 1. The zero-order chi connectivity index (χ0) is 14.0. The van der Waals surface area contributed by atoms with E-state index in [9.17, 15) is 4.79 Å². The van der Waals surface area contributed by atoms with Crippen LogP contribution >= 0.6 is 0 Å². The normalized spacial score (nSPS) is 29.2. The zero-order valence-electron chi connectivity index (χ0n) is 12.5. The summed E-state index contributed by atoms with van der Waals surface area (Å²) in [6, 6.07) is 0.207. The molecule has 1 saturated heterocycles. The SMILES string of the molecule is CCC1CCCC(N)(CC)N1C(=O)OC(C)(C)C. The van der Waals surface area contributed by atoms with Crippen molar-refractivity contribution in [3.05, 3.63) is 0 Å². The van der Waals surface area contributed by atoms with Crippen LogP contribution in [0.3, 0.4) is 0 Å². The molecule has 2 N–H and O–H groups in total. The molecule has 0 bridgehead atoms. The molecule has 0 radical (unpaired) electrons. The van der Waals surface area contributed by atoms with Gasteiger partial charge in [-0.2, -0.15) is 0 Å². The summed E-state index contributed by atoms with van der Waals surface area (Å²) in [4.78, 5) is 14.2. The van der Waals surface area contributed by atoms with Gasteiger partial charge in [-0.1, -0.05) is 13.8 Å². The van der Waals surface area contributed by atoms with Crippen LogP contribution in [0.4, 0.5) is 4.79 Å². The van der Waals surface area contributed by atoms with Crippen LogP contribution in [-0.2, 0) is 4.74 Å². The fourth-order valence-electron chi connectivity index (χ4n) is 2.63. The molecule has 4 heteroatoms. The first-order valence-corrected chi connectivity index (χ1v) is 7.04. The molecule has 4 nitrogen and oxygen atoms in total. The average Bonchev–Trinajstić information content (AvgIpc) is 2.26. The molecule has 0 aromatic carbocycles. The molecule has 2 atom stereocenters. The standard InChI is InChI=1S/C14H28N2O2/c1-6-11-9-8-10-14(15,7-2)16(11)12(17)18-13(3,4)5/h11H,6-10,15H2,1-5H3. The second kappa shape index (κ2) is 5.47. The van der Waals surface area contributed by atoms with E-state index >= 15 is 0 Å². The number of hydrogen-bond acceptors (Lipinski definition) is 3. The first-order chi connectivity index (χ1) is 8.23. The first-order valence-electron chi connectivity index (χ1n) is 7.04. The molecule has 0 aliphatic carbocycles. The Morgan fingerprint density at radius 1 is 1.44 bits per heavy atom. The Morgan fingerprint density at radius 3 is 2.50 bits per heavy atom. The van der Waals surface area contributed by atoms with Crippen molar-refractivity contribution in [3.63, 3.8) is 0 Å². The van der Waals surface area contributed by atoms with E-state index < -0.39 is 11.3 Å². The molecule has 0 aromatic rings. The lowest BCUT2D eigenvalue weighted by Gasteiger charge is -2.48. The fourth-order valence-corrected chi connectivity index (χ4v) is 2.63. The third-order valence-corrected chi connectivity index (χ3v) is 3.67. The average molecular weight is 256 g/mol. The van der Waals surface area contributed by atoms with Gasteiger partial charge >= 0.3 is 6.09 Å². The summed E-state index contributed by atoms with van der Waals surface area (Å²) in [7, 11) is 0. The summed E-state index contributed by atoms with van der Waals surface area (Å²) in [5, 5.41) is 0. The van der Waals surface area contributed by atoms with Crippen LogP contribution in [0, 0.1) is 0 Å². The summed E-state index contributed by atoms with van der Waals surface area (Å²) >= 11 is 0. The van der Waals surface area contributed by atoms with Crippen molar-refractivity contribution in [3.8, 4) is 0 Å².